The lowest BCUT2D eigenvalue weighted by Gasteiger charge is -2.16. The molecular weight excluding hydrogens is 200 g/mol. The molecule has 0 saturated carbocycles. The second kappa shape index (κ2) is 7.01. The molecular formula is C13H20N2O. The van der Waals surface area contributed by atoms with Gasteiger partial charge in [-0.3, -0.25) is 4.79 Å². The molecule has 0 spiro atoms. The zero-order valence-electron chi connectivity index (χ0n) is 10.1. The Hall–Kier alpha value is -1.35. The number of unbranched alkanes of at least 4 members (excludes halogenated alkanes) is 1. The van der Waals surface area contributed by atoms with Gasteiger partial charge in [0.2, 0.25) is 0 Å². The van der Waals surface area contributed by atoms with Gasteiger partial charge < -0.3 is 10.2 Å². The van der Waals surface area contributed by atoms with E-state index < -0.39 is 0 Å². The molecule has 1 rings (SSSR count). The predicted octanol–water partition coefficient (Wildman–Crippen LogP) is 1.76. The van der Waals surface area contributed by atoms with Crippen LogP contribution in [0.3, 0.4) is 0 Å². The molecule has 1 aromatic carbocycles. The van der Waals surface area contributed by atoms with Crippen LogP contribution >= 0.6 is 0 Å². The van der Waals surface area contributed by atoms with Crippen LogP contribution in [0.15, 0.2) is 30.3 Å². The fraction of sp³-hybridized carbons (Fsp3) is 0.462. The number of carbonyl (C=O) groups excluding carboxylic acids is 1. The van der Waals surface area contributed by atoms with E-state index in [9.17, 15) is 4.79 Å². The summed E-state index contributed by atoms with van der Waals surface area (Å²) in [5.41, 5.74) is 0.763. The van der Waals surface area contributed by atoms with Crippen LogP contribution in [-0.2, 0) is 0 Å². The first-order chi connectivity index (χ1) is 7.75. The highest BCUT2D eigenvalue weighted by Crippen LogP contribution is 2.03. The van der Waals surface area contributed by atoms with E-state index in [-0.39, 0.29) is 5.91 Å². The fourth-order valence-corrected chi connectivity index (χ4v) is 1.55. The van der Waals surface area contributed by atoms with Crippen LogP contribution < -0.4 is 5.32 Å². The summed E-state index contributed by atoms with van der Waals surface area (Å²) in [4.78, 5) is 13.7. The Balaban J connectivity index is 2.37. The lowest BCUT2D eigenvalue weighted by Crippen LogP contribution is -2.28. The predicted molar refractivity (Wildman–Crippen MR) is 66.6 cm³/mol. The average molecular weight is 220 g/mol. The molecule has 0 aliphatic carbocycles. The van der Waals surface area contributed by atoms with Gasteiger partial charge in [-0.15, -0.1) is 0 Å². The van der Waals surface area contributed by atoms with Crippen LogP contribution in [0, 0.1) is 0 Å². The van der Waals surface area contributed by atoms with Crippen molar-refractivity contribution in [3.05, 3.63) is 35.9 Å². The van der Waals surface area contributed by atoms with E-state index in [4.69, 9.17) is 0 Å². The standard InChI is InChI=1S/C13H20N2O/c1-14-10-6-7-11-15(2)13(16)12-8-4-3-5-9-12/h3-5,8-9,14H,6-7,10-11H2,1-2H3. The molecule has 3 nitrogen and oxygen atoms in total. The zero-order chi connectivity index (χ0) is 11.8. The van der Waals surface area contributed by atoms with E-state index in [0.29, 0.717) is 0 Å². The monoisotopic (exact) mass is 220 g/mol. The Kier molecular flexibility index (Phi) is 5.57. The summed E-state index contributed by atoms with van der Waals surface area (Å²) in [5.74, 6) is 0.102. The molecule has 3 heteroatoms. The molecule has 0 atom stereocenters. The van der Waals surface area contributed by atoms with Crippen molar-refractivity contribution in [1.29, 1.82) is 0 Å². The maximum atomic E-state index is 11.9. The third-order valence-electron chi connectivity index (χ3n) is 2.54. The van der Waals surface area contributed by atoms with Crippen LogP contribution in [-0.4, -0.2) is 38.0 Å². The molecule has 0 bridgehead atoms. The molecule has 88 valence electrons. The highest BCUT2D eigenvalue weighted by molar-refractivity contribution is 5.93. The van der Waals surface area contributed by atoms with Crippen molar-refractivity contribution in [2.24, 2.45) is 0 Å². The van der Waals surface area contributed by atoms with Gasteiger partial charge in [0.15, 0.2) is 0 Å². The minimum Gasteiger partial charge on any atom is -0.342 e. The van der Waals surface area contributed by atoms with Gasteiger partial charge in [0.1, 0.15) is 0 Å². The van der Waals surface area contributed by atoms with E-state index in [1.54, 1.807) is 4.90 Å². The first-order valence-electron chi connectivity index (χ1n) is 5.71. The molecule has 0 radical (unpaired) electrons. The number of hydrogen-bond acceptors (Lipinski definition) is 2. The van der Waals surface area contributed by atoms with Crippen LogP contribution in [0.2, 0.25) is 0 Å². The van der Waals surface area contributed by atoms with Gasteiger partial charge in [0.05, 0.1) is 0 Å². The zero-order valence-corrected chi connectivity index (χ0v) is 10.1. The van der Waals surface area contributed by atoms with Crippen molar-refractivity contribution < 1.29 is 4.79 Å². The highest BCUT2D eigenvalue weighted by atomic mass is 16.2. The van der Waals surface area contributed by atoms with Crippen molar-refractivity contribution in [1.82, 2.24) is 10.2 Å². The number of nitrogens with zero attached hydrogens (tertiary/aromatic N) is 1. The summed E-state index contributed by atoms with van der Waals surface area (Å²) in [5, 5.41) is 3.10. The quantitative estimate of drug-likeness (QED) is 0.741. The van der Waals surface area contributed by atoms with Crippen molar-refractivity contribution in [3.8, 4) is 0 Å². The highest BCUT2D eigenvalue weighted by Gasteiger charge is 2.09. The molecule has 1 amide bonds. The third kappa shape index (κ3) is 4.03. The Morgan fingerprint density at radius 3 is 2.56 bits per heavy atom. The molecule has 0 saturated heterocycles. The van der Waals surface area contributed by atoms with Crippen LogP contribution in [0.5, 0.6) is 0 Å². The van der Waals surface area contributed by atoms with Gasteiger partial charge in [-0.2, -0.15) is 0 Å². The van der Waals surface area contributed by atoms with Crippen molar-refractivity contribution in [2.45, 2.75) is 12.8 Å². The van der Waals surface area contributed by atoms with E-state index in [1.165, 1.54) is 0 Å². The summed E-state index contributed by atoms with van der Waals surface area (Å²) in [6.45, 7) is 1.82. The van der Waals surface area contributed by atoms with Crippen LogP contribution in [0.25, 0.3) is 0 Å². The molecule has 0 aromatic heterocycles. The Labute approximate surface area is 97.5 Å². The smallest absolute Gasteiger partial charge is 0.253 e. The molecule has 0 heterocycles. The molecule has 0 unspecified atom stereocenters. The minimum absolute atomic E-state index is 0.102. The van der Waals surface area contributed by atoms with Crippen LogP contribution in [0.1, 0.15) is 23.2 Å². The van der Waals surface area contributed by atoms with E-state index in [1.807, 2.05) is 44.4 Å². The van der Waals surface area contributed by atoms with Gasteiger partial charge in [-0.25, -0.2) is 0 Å². The molecule has 1 N–H and O–H groups in total. The Morgan fingerprint density at radius 1 is 1.25 bits per heavy atom. The molecule has 16 heavy (non-hydrogen) atoms. The second-order valence-corrected chi connectivity index (χ2v) is 3.90. The number of benzene rings is 1. The Bertz CT molecular complexity index is 311. The van der Waals surface area contributed by atoms with Gasteiger partial charge in [-0.1, -0.05) is 18.2 Å². The van der Waals surface area contributed by atoms with Gasteiger partial charge in [0, 0.05) is 19.2 Å². The van der Waals surface area contributed by atoms with Crippen molar-refractivity contribution >= 4 is 5.91 Å². The molecule has 1 aromatic rings. The van der Waals surface area contributed by atoms with Gasteiger partial charge in [0.25, 0.3) is 5.91 Å². The number of carbonyl (C=O) groups is 1. The fourth-order valence-electron chi connectivity index (χ4n) is 1.55. The Morgan fingerprint density at radius 2 is 1.94 bits per heavy atom. The maximum absolute atomic E-state index is 11.9. The summed E-state index contributed by atoms with van der Waals surface area (Å²) >= 11 is 0. The van der Waals surface area contributed by atoms with Crippen molar-refractivity contribution in [2.75, 3.05) is 27.2 Å². The van der Waals surface area contributed by atoms with Gasteiger partial charge in [-0.05, 0) is 38.6 Å². The van der Waals surface area contributed by atoms with Gasteiger partial charge >= 0.3 is 0 Å². The maximum Gasteiger partial charge on any atom is 0.253 e. The summed E-state index contributed by atoms with van der Waals surface area (Å²) in [6.07, 6.45) is 2.14. The number of amides is 1. The number of rotatable bonds is 6. The number of nitrogens with one attached hydrogen (secondary N) is 1. The van der Waals surface area contributed by atoms with E-state index >= 15 is 0 Å². The molecule has 0 fully saturated rings. The molecule has 0 aliphatic rings. The summed E-state index contributed by atoms with van der Waals surface area (Å²) in [6, 6.07) is 9.41. The van der Waals surface area contributed by atoms with E-state index in [0.717, 1.165) is 31.5 Å². The second-order valence-electron chi connectivity index (χ2n) is 3.90. The number of hydrogen-bond donors (Lipinski definition) is 1. The van der Waals surface area contributed by atoms with Crippen molar-refractivity contribution in [3.63, 3.8) is 0 Å². The topological polar surface area (TPSA) is 32.3 Å². The SMILES string of the molecule is CNCCCCN(C)C(=O)c1ccccc1. The van der Waals surface area contributed by atoms with Crippen LogP contribution in [0.4, 0.5) is 0 Å². The first kappa shape index (κ1) is 12.7. The lowest BCUT2D eigenvalue weighted by molar-refractivity contribution is 0.0793. The summed E-state index contributed by atoms with van der Waals surface area (Å²) < 4.78 is 0. The molecule has 0 aliphatic heterocycles. The lowest BCUT2D eigenvalue weighted by atomic mass is 10.2. The first-order valence-corrected chi connectivity index (χ1v) is 5.71. The van der Waals surface area contributed by atoms with E-state index in [2.05, 4.69) is 5.32 Å². The largest absolute Gasteiger partial charge is 0.342 e. The normalized spacial score (nSPS) is 10.1. The summed E-state index contributed by atoms with van der Waals surface area (Å²) in [7, 11) is 3.80. The average Bonchev–Trinajstić information content (AvgIpc) is 2.34. The third-order valence-corrected chi connectivity index (χ3v) is 2.54. The minimum atomic E-state index is 0.102.